The molecule has 1 rings (SSSR count). The number of anilines is 1. The highest BCUT2D eigenvalue weighted by Gasteiger charge is 2.15. The summed E-state index contributed by atoms with van der Waals surface area (Å²) >= 11 is 0. The van der Waals surface area contributed by atoms with Gasteiger partial charge in [0.05, 0.1) is 0 Å². The van der Waals surface area contributed by atoms with Crippen LogP contribution in [0.1, 0.15) is 5.56 Å². The van der Waals surface area contributed by atoms with Crippen LogP contribution in [0.3, 0.4) is 0 Å². The van der Waals surface area contributed by atoms with Crippen molar-refractivity contribution < 1.29 is 14.4 Å². The van der Waals surface area contributed by atoms with Crippen molar-refractivity contribution >= 4 is 24.2 Å². The molecule has 0 atom stereocenters. The third kappa shape index (κ3) is 3.02. The van der Waals surface area contributed by atoms with Crippen molar-refractivity contribution in [3.63, 3.8) is 0 Å². The van der Waals surface area contributed by atoms with E-state index in [1.165, 1.54) is 0 Å². The summed E-state index contributed by atoms with van der Waals surface area (Å²) < 4.78 is 0. The first-order valence-corrected chi connectivity index (χ1v) is 4.45. The number of hydrogen-bond donors (Lipinski definition) is 1. The first-order chi connectivity index (χ1) is 7.17. The second kappa shape index (κ2) is 5.05. The SMILES string of the molecule is Cc1ccc(NC(=O)C(C=O)C=O)cc1. The van der Waals surface area contributed by atoms with Crippen LogP contribution < -0.4 is 5.32 Å². The highest BCUT2D eigenvalue weighted by Crippen LogP contribution is 2.09. The van der Waals surface area contributed by atoms with Crippen LogP contribution in [0.15, 0.2) is 24.3 Å². The Morgan fingerprint density at radius 1 is 1.20 bits per heavy atom. The average molecular weight is 205 g/mol. The van der Waals surface area contributed by atoms with Gasteiger partial charge in [0.2, 0.25) is 5.91 Å². The van der Waals surface area contributed by atoms with Crippen LogP contribution in [0.2, 0.25) is 0 Å². The number of aldehydes is 2. The van der Waals surface area contributed by atoms with Crippen LogP contribution in [0, 0.1) is 12.8 Å². The minimum Gasteiger partial charge on any atom is -0.325 e. The fourth-order valence-corrected chi connectivity index (χ4v) is 1.02. The molecule has 0 spiro atoms. The van der Waals surface area contributed by atoms with E-state index in [0.29, 0.717) is 18.3 Å². The number of hydrogen-bond acceptors (Lipinski definition) is 3. The smallest absolute Gasteiger partial charge is 0.241 e. The number of carbonyl (C=O) groups is 3. The van der Waals surface area contributed by atoms with E-state index >= 15 is 0 Å². The quantitative estimate of drug-likeness (QED) is 0.588. The van der Waals surface area contributed by atoms with Crippen LogP contribution in [0.25, 0.3) is 0 Å². The van der Waals surface area contributed by atoms with Gasteiger partial charge in [0.15, 0.2) is 0 Å². The Bertz CT molecular complexity index is 362. The third-order valence-corrected chi connectivity index (χ3v) is 1.92. The Morgan fingerprint density at radius 3 is 2.20 bits per heavy atom. The molecule has 0 aromatic heterocycles. The molecule has 0 bridgehead atoms. The van der Waals surface area contributed by atoms with Gasteiger partial charge in [0.25, 0.3) is 0 Å². The Labute approximate surface area is 87.3 Å². The van der Waals surface area contributed by atoms with Crippen LogP contribution in [0.4, 0.5) is 5.69 Å². The molecule has 4 heteroatoms. The van der Waals surface area contributed by atoms with Crippen molar-refractivity contribution in [3.8, 4) is 0 Å². The fourth-order valence-electron chi connectivity index (χ4n) is 1.02. The molecular weight excluding hydrogens is 194 g/mol. The van der Waals surface area contributed by atoms with E-state index in [-0.39, 0.29) is 0 Å². The van der Waals surface area contributed by atoms with E-state index in [1.807, 2.05) is 19.1 Å². The number of benzene rings is 1. The van der Waals surface area contributed by atoms with Gasteiger partial charge in [-0.25, -0.2) is 0 Å². The Kier molecular flexibility index (Phi) is 3.74. The van der Waals surface area contributed by atoms with Gasteiger partial charge in [-0.2, -0.15) is 0 Å². The molecule has 15 heavy (non-hydrogen) atoms. The summed E-state index contributed by atoms with van der Waals surface area (Å²) in [5.41, 5.74) is 1.63. The van der Waals surface area contributed by atoms with Crippen LogP contribution >= 0.6 is 0 Å². The maximum atomic E-state index is 11.3. The molecule has 78 valence electrons. The normalized spacial score (nSPS) is 9.73. The summed E-state index contributed by atoms with van der Waals surface area (Å²) in [6, 6.07) is 7.07. The third-order valence-electron chi connectivity index (χ3n) is 1.92. The second-order valence-corrected chi connectivity index (χ2v) is 3.15. The molecule has 0 saturated heterocycles. The fraction of sp³-hybridized carbons (Fsp3) is 0.182. The Hall–Kier alpha value is -1.97. The highest BCUT2D eigenvalue weighted by atomic mass is 16.2. The molecule has 0 aliphatic heterocycles. The van der Waals surface area contributed by atoms with E-state index < -0.39 is 11.8 Å². The molecule has 0 heterocycles. The predicted molar refractivity (Wildman–Crippen MR) is 55.4 cm³/mol. The van der Waals surface area contributed by atoms with Crippen molar-refractivity contribution in [2.75, 3.05) is 5.32 Å². The maximum absolute atomic E-state index is 11.3. The zero-order valence-electron chi connectivity index (χ0n) is 8.27. The summed E-state index contributed by atoms with van der Waals surface area (Å²) in [7, 11) is 0. The number of amides is 1. The molecule has 0 fully saturated rings. The molecule has 0 aliphatic rings. The zero-order valence-corrected chi connectivity index (χ0v) is 8.27. The Balaban J connectivity index is 2.69. The monoisotopic (exact) mass is 205 g/mol. The van der Waals surface area contributed by atoms with Crippen LogP contribution in [0.5, 0.6) is 0 Å². The van der Waals surface area contributed by atoms with E-state index in [1.54, 1.807) is 12.1 Å². The van der Waals surface area contributed by atoms with E-state index in [0.717, 1.165) is 5.56 Å². The van der Waals surface area contributed by atoms with Crippen molar-refractivity contribution in [2.24, 2.45) is 5.92 Å². The molecule has 0 aliphatic carbocycles. The summed E-state index contributed by atoms with van der Waals surface area (Å²) in [5, 5.41) is 2.47. The molecule has 0 unspecified atom stereocenters. The first-order valence-electron chi connectivity index (χ1n) is 4.45. The predicted octanol–water partition coefficient (Wildman–Crippen LogP) is 0.948. The lowest BCUT2D eigenvalue weighted by Gasteiger charge is -2.05. The lowest BCUT2D eigenvalue weighted by atomic mass is 10.1. The molecule has 0 radical (unpaired) electrons. The van der Waals surface area contributed by atoms with Gasteiger partial charge in [0, 0.05) is 5.69 Å². The number of rotatable bonds is 4. The van der Waals surface area contributed by atoms with Gasteiger partial charge in [-0.1, -0.05) is 17.7 Å². The van der Waals surface area contributed by atoms with Crippen molar-refractivity contribution in [1.29, 1.82) is 0 Å². The maximum Gasteiger partial charge on any atom is 0.241 e. The molecule has 1 N–H and O–H groups in total. The van der Waals surface area contributed by atoms with Gasteiger partial charge in [-0.15, -0.1) is 0 Å². The van der Waals surface area contributed by atoms with Crippen molar-refractivity contribution in [3.05, 3.63) is 29.8 Å². The summed E-state index contributed by atoms with van der Waals surface area (Å²) in [6.07, 6.45) is 0.632. The van der Waals surface area contributed by atoms with E-state index in [4.69, 9.17) is 0 Å². The van der Waals surface area contributed by atoms with Gasteiger partial charge >= 0.3 is 0 Å². The molecule has 1 aromatic rings. The van der Waals surface area contributed by atoms with Crippen molar-refractivity contribution in [2.45, 2.75) is 6.92 Å². The van der Waals surface area contributed by atoms with E-state index in [2.05, 4.69) is 5.32 Å². The number of aryl methyl sites for hydroxylation is 1. The summed E-state index contributed by atoms with van der Waals surface area (Å²) in [4.78, 5) is 31.9. The van der Waals surface area contributed by atoms with Crippen molar-refractivity contribution in [1.82, 2.24) is 0 Å². The number of nitrogens with one attached hydrogen (secondary N) is 1. The lowest BCUT2D eigenvalue weighted by molar-refractivity contribution is -0.129. The average Bonchev–Trinajstić information content (AvgIpc) is 2.23. The molecule has 0 saturated carbocycles. The highest BCUT2D eigenvalue weighted by molar-refractivity contribution is 6.10. The number of carbonyl (C=O) groups excluding carboxylic acids is 3. The van der Waals surface area contributed by atoms with Crippen LogP contribution in [-0.2, 0) is 14.4 Å². The molecule has 4 nitrogen and oxygen atoms in total. The zero-order chi connectivity index (χ0) is 11.3. The van der Waals surface area contributed by atoms with Crippen LogP contribution in [-0.4, -0.2) is 18.5 Å². The summed E-state index contributed by atoms with van der Waals surface area (Å²) in [6.45, 7) is 1.92. The minimum absolute atomic E-state index is 0.316. The minimum atomic E-state index is -1.23. The first kappa shape index (κ1) is 11.1. The van der Waals surface area contributed by atoms with Gasteiger partial charge in [-0.3, -0.25) is 4.79 Å². The second-order valence-electron chi connectivity index (χ2n) is 3.15. The van der Waals surface area contributed by atoms with E-state index in [9.17, 15) is 14.4 Å². The topological polar surface area (TPSA) is 63.2 Å². The molecule has 1 amide bonds. The Morgan fingerprint density at radius 2 is 1.73 bits per heavy atom. The largest absolute Gasteiger partial charge is 0.325 e. The van der Waals surface area contributed by atoms with Gasteiger partial charge < -0.3 is 14.9 Å². The molecular formula is C11H11NO3. The van der Waals surface area contributed by atoms with Gasteiger partial charge in [0.1, 0.15) is 18.5 Å². The standard InChI is InChI=1S/C11H11NO3/c1-8-2-4-10(5-3-8)12-11(15)9(6-13)7-14/h2-7,9H,1H3,(H,12,15). The van der Waals surface area contributed by atoms with Gasteiger partial charge in [-0.05, 0) is 19.1 Å². The summed E-state index contributed by atoms with van der Waals surface area (Å²) in [5.74, 6) is -1.84. The molecule has 1 aromatic carbocycles. The lowest BCUT2D eigenvalue weighted by Crippen LogP contribution is -2.24.